The van der Waals surface area contributed by atoms with Crippen LogP contribution in [0.3, 0.4) is 0 Å². The van der Waals surface area contributed by atoms with Crippen LogP contribution in [0, 0.1) is 19.7 Å². The molecule has 1 heterocycles. The molecular weight excluding hydrogens is 409 g/mol. The van der Waals surface area contributed by atoms with E-state index >= 15 is 0 Å². The summed E-state index contributed by atoms with van der Waals surface area (Å²) in [5.41, 5.74) is 7.07. The largest absolute Gasteiger partial charge is 0.472 e. The monoisotopic (exact) mass is 437 g/mol. The lowest BCUT2D eigenvalue weighted by molar-refractivity contribution is 0.0996. The van der Waals surface area contributed by atoms with Crippen molar-refractivity contribution in [2.75, 3.05) is 18.4 Å². The van der Waals surface area contributed by atoms with Gasteiger partial charge in [-0.2, -0.15) is 4.37 Å². The van der Waals surface area contributed by atoms with Crippen LogP contribution in [-0.4, -0.2) is 35.4 Å². The molecule has 1 unspecified atom stereocenters. The van der Waals surface area contributed by atoms with Crippen molar-refractivity contribution in [3.05, 3.63) is 40.2 Å². The molecule has 0 saturated heterocycles. The number of carbonyl (C=O) groups excluding carboxylic acids is 2. The Hall–Kier alpha value is -2.72. The molecule has 2 aromatic rings. The van der Waals surface area contributed by atoms with Crippen LogP contribution in [-0.2, 0) is 6.61 Å². The van der Waals surface area contributed by atoms with Crippen molar-refractivity contribution in [3.63, 3.8) is 0 Å². The molecule has 1 atom stereocenters. The van der Waals surface area contributed by atoms with Gasteiger partial charge in [-0.25, -0.2) is 9.18 Å². The molecule has 0 fully saturated rings. The fraction of sp³-hybridized carbons (Fsp3) is 0.450. The average molecular weight is 438 g/mol. The van der Waals surface area contributed by atoms with Gasteiger partial charge in [0.15, 0.2) is 0 Å². The lowest BCUT2D eigenvalue weighted by Crippen LogP contribution is -2.37. The molecule has 0 saturated carbocycles. The number of halogens is 1. The molecule has 0 bridgehead atoms. The predicted octanol–water partition coefficient (Wildman–Crippen LogP) is 3.09. The maximum atomic E-state index is 14.1. The van der Waals surface area contributed by atoms with E-state index in [4.69, 9.17) is 10.5 Å². The number of aromatic nitrogens is 1. The van der Waals surface area contributed by atoms with Gasteiger partial charge >= 0.3 is 6.03 Å². The summed E-state index contributed by atoms with van der Waals surface area (Å²) in [7, 11) is 0. The first-order chi connectivity index (χ1) is 14.2. The van der Waals surface area contributed by atoms with Crippen molar-refractivity contribution in [1.82, 2.24) is 15.0 Å². The Kier molecular flexibility index (Phi) is 8.55. The summed E-state index contributed by atoms with van der Waals surface area (Å²) in [6, 6.07) is 3.30. The number of benzene rings is 1. The number of hydrogen-bond acceptors (Lipinski definition) is 6. The van der Waals surface area contributed by atoms with Gasteiger partial charge in [0.05, 0.1) is 0 Å². The van der Waals surface area contributed by atoms with Gasteiger partial charge in [0.2, 0.25) is 5.88 Å². The Labute approximate surface area is 179 Å². The second-order valence-corrected chi connectivity index (χ2v) is 7.74. The standard InChI is InChI=1S/C20H28FN5O3S/c1-5-12(3)23-8-9-24-20(28)25-19-15(17(22)27)18(26-30-19)29-10-14-7-6-11(2)16(21)13(14)4/h6-7,12,23H,5,8-10H2,1-4H3,(H2,22,27)(H2,24,25,28). The van der Waals surface area contributed by atoms with Crippen molar-refractivity contribution in [1.29, 1.82) is 0 Å². The number of rotatable bonds is 10. The van der Waals surface area contributed by atoms with Crippen LogP contribution in [0.15, 0.2) is 12.1 Å². The van der Waals surface area contributed by atoms with Gasteiger partial charge in [-0.05, 0) is 55.4 Å². The highest BCUT2D eigenvalue weighted by Gasteiger charge is 2.22. The molecular formula is C20H28FN5O3S. The van der Waals surface area contributed by atoms with E-state index in [2.05, 4.69) is 34.2 Å². The molecule has 0 aliphatic heterocycles. The zero-order chi connectivity index (χ0) is 22.3. The summed E-state index contributed by atoms with van der Waals surface area (Å²) >= 11 is 0.888. The molecule has 0 aliphatic carbocycles. The van der Waals surface area contributed by atoms with Crippen molar-refractivity contribution >= 4 is 28.5 Å². The van der Waals surface area contributed by atoms with E-state index in [-0.39, 0.29) is 28.9 Å². The third-order valence-corrected chi connectivity index (χ3v) is 5.45. The first-order valence-corrected chi connectivity index (χ1v) is 10.5. The van der Waals surface area contributed by atoms with E-state index in [0.29, 0.717) is 35.8 Å². The van der Waals surface area contributed by atoms with E-state index in [1.54, 1.807) is 26.0 Å². The maximum absolute atomic E-state index is 14.1. The van der Waals surface area contributed by atoms with E-state index < -0.39 is 11.9 Å². The van der Waals surface area contributed by atoms with Gasteiger partial charge < -0.3 is 21.1 Å². The van der Waals surface area contributed by atoms with Crippen LogP contribution in [0.4, 0.5) is 14.2 Å². The van der Waals surface area contributed by atoms with Crippen LogP contribution >= 0.6 is 11.5 Å². The average Bonchev–Trinajstić information content (AvgIpc) is 3.11. The highest BCUT2D eigenvalue weighted by Crippen LogP contribution is 2.31. The number of hydrogen-bond donors (Lipinski definition) is 4. The van der Waals surface area contributed by atoms with Crippen molar-refractivity contribution < 1.29 is 18.7 Å². The third-order valence-electron chi connectivity index (χ3n) is 4.71. The van der Waals surface area contributed by atoms with Gasteiger partial charge in [-0.3, -0.25) is 10.1 Å². The topological polar surface area (TPSA) is 118 Å². The SMILES string of the molecule is CCC(C)NCCNC(=O)Nc1snc(OCc2ccc(C)c(F)c2C)c1C(N)=O. The second kappa shape index (κ2) is 10.9. The zero-order valence-electron chi connectivity index (χ0n) is 17.6. The second-order valence-electron chi connectivity index (χ2n) is 6.97. The van der Waals surface area contributed by atoms with Crippen LogP contribution in [0.5, 0.6) is 5.88 Å². The summed E-state index contributed by atoms with van der Waals surface area (Å²) in [5, 5.41) is 8.72. The fourth-order valence-electron chi connectivity index (χ4n) is 2.63. The zero-order valence-corrected chi connectivity index (χ0v) is 18.4. The normalized spacial score (nSPS) is 11.8. The van der Waals surface area contributed by atoms with Gasteiger partial charge in [-0.15, -0.1) is 0 Å². The van der Waals surface area contributed by atoms with Gasteiger partial charge in [-0.1, -0.05) is 19.1 Å². The third kappa shape index (κ3) is 6.14. The lowest BCUT2D eigenvalue weighted by atomic mass is 10.1. The number of carbonyl (C=O) groups is 2. The van der Waals surface area contributed by atoms with E-state index in [9.17, 15) is 14.0 Å². The molecule has 30 heavy (non-hydrogen) atoms. The molecule has 164 valence electrons. The number of primary amides is 1. The van der Waals surface area contributed by atoms with E-state index in [1.165, 1.54) is 0 Å². The molecule has 1 aromatic carbocycles. The number of ether oxygens (including phenoxy) is 1. The smallest absolute Gasteiger partial charge is 0.319 e. The number of nitrogens with one attached hydrogen (secondary N) is 3. The number of nitrogens with zero attached hydrogens (tertiary/aromatic N) is 1. The lowest BCUT2D eigenvalue weighted by Gasteiger charge is -2.12. The molecule has 5 N–H and O–H groups in total. The highest BCUT2D eigenvalue weighted by atomic mass is 32.1. The molecule has 0 spiro atoms. The Balaban J connectivity index is 2.00. The minimum Gasteiger partial charge on any atom is -0.472 e. The molecule has 3 amide bonds. The van der Waals surface area contributed by atoms with Crippen molar-refractivity contribution in [2.24, 2.45) is 5.73 Å². The maximum Gasteiger partial charge on any atom is 0.319 e. The summed E-state index contributed by atoms with van der Waals surface area (Å²) in [6.07, 6.45) is 0.993. The number of aryl methyl sites for hydroxylation is 1. The minimum absolute atomic E-state index is 0.00150. The number of amides is 3. The van der Waals surface area contributed by atoms with Gasteiger partial charge in [0.25, 0.3) is 5.91 Å². The summed E-state index contributed by atoms with van der Waals surface area (Å²) in [5.74, 6) is -1.08. The number of urea groups is 1. The summed E-state index contributed by atoms with van der Waals surface area (Å²) in [6.45, 7) is 8.53. The highest BCUT2D eigenvalue weighted by molar-refractivity contribution is 7.11. The molecule has 0 radical (unpaired) electrons. The Bertz CT molecular complexity index is 903. The molecule has 8 nitrogen and oxygen atoms in total. The van der Waals surface area contributed by atoms with E-state index in [1.807, 2.05) is 0 Å². The minimum atomic E-state index is -0.778. The van der Waals surface area contributed by atoms with Crippen LogP contribution in [0.2, 0.25) is 0 Å². The van der Waals surface area contributed by atoms with Gasteiger partial charge in [0.1, 0.15) is 23.0 Å². The van der Waals surface area contributed by atoms with Crippen molar-refractivity contribution in [2.45, 2.75) is 46.8 Å². The Morgan fingerprint density at radius 1 is 1.30 bits per heavy atom. The summed E-state index contributed by atoms with van der Waals surface area (Å²) < 4.78 is 23.7. The quantitative estimate of drug-likeness (QED) is 0.426. The molecule has 10 heteroatoms. The molecule has 0 aliphatic rings. The Morgan fingerprint density at radius 2 is 2.03 bits per heavy atom. The Morgan fingerprint density at radius 3 is 2.70 bits per heavy atom. The van der Waals surface area contributed by atoms with Crippen molar-refractivity contribution in [3.8, 4) is 5.88 Å². The van der Waals surface area contributed by atoms with E-state index in [0.717, 1.165) is 18.0 Å². The first-order valence-electron chi connectivity index (χ1n) is 9.69. The predicted molar refractivity (Wildman–Crippen MR) is 116 cm³/mol. The number of nitrogens with two attached hydrogens (primary N) is 1. The van der Waals surface area contributed by atoms with Crippen LogP contribution in [0.25, 0.3) is 0 Å². The van der Waals surface area contributed by atoms with Crippen LogP contribution in [0.1, 0.15) is 47.3 Å². The van der Waals surface area contributed by atoms with Gasteiger partial charge in [0, 0.05) is 19.1 Å². The first kappa shape index (κ1) is 23.6. The van der Waals surface area contributed by atoms with Crippen LogP contribution < -0.4 is 26.4 Å². The fourth-order valence-corrected chi connectivity index (χ4v) is 3.36. The summed E-state index contributed by atoms with van der Waals surface area (Å²) in [4.78, 5) is 24.0. The molecule has 2 rings (SSSR count). The number of anilines is 1. The molecule has 1 aromatic heterocycles.